The van der Waals surface area contributed by atoms with E-state index < -0.39 is 11.5 Å². The van der Waals surface area contributed by atoms with Gasteiger partial charge in [-0.2, -0.15) is 5.10 Å². The molecule has 1 atom stereocenters. The molecule has 1 aliphatic heterocycles. The standard InChI is InChI=1S/C33H30N4O/c1-25(38)31(26-18-20-30(21-19-26)36-22-11-23-36)32-34-24-37(35-32)33(27-12-5-2-6-13-27,28-14-7-3-8-15-28)29-16-9-4-10-17-29/h2-10,12-21,24,31H,11,22-23H2,1H3. The molecule has 0 amide bonds. The van der Waals surface area contributed by atoms with Crippen LogP contribution in [0.25, 0.3) is 0 Å². The van der Waals surface area contributed by atoms with Crippen LogP contribution in [0.1, 0.15) is 47.3 Å². The molecule has 5 nitrogen and oxygen atoms in total. The molecule has 188 valence electrons. The molecule has 5 aromatic rings. The van der Waals surface area contributed by atoms with Gasteiger partial charge in [-0.15, -0.1) is 0 Å². The Kier molecular flexibility index (Phi) is 6.34. The van der Waals surface area contributed by atoms with Gasteiger partial charge in [-0.1, -0.05) is 103 Å². The lowest BCUT2D eigenvalue weighted by Gasteiger charge is -2.36. The third-order valence-corrected chi connectivity index (χ3v) is 7.54. The Bertz CT molecular complexity index is 1410. The molecule has 0 aliphatic carbocycles. The first kappa shape index (κ1) is 23.9. The van der Waals surface area contributed by atoms with Crippen molar-refractivity contribution in [1.82, 2.24) is 14.8 Å². The summed E-state index contributed by atoms with van der Waals surface area (Å²) in [5.74, 6) is -0.0211. The van der Waals surface area contributed by atoms with Crippen LogP contribution < -0.4 is 4.90 Å². The second-order valence-electron chi connectivity index (χ2n) is 9.83. The first-order valence-corrected chi connectivity index (χ1v) is 13.1. The van der Waals surface area contributed by atoms with Crippen LogP contribution in [0.5, 0.6) is 0 Å². The first-order chi connectivity index (χ1) is 18.7. The van der Waals surface area contributed by atoms with E-state index in [0.29, 0.717) is 5.82 Å². The van der Waals surface area contributed by atoms with Gasteiger partial charge in [0.2, 0.25) is 0 Å². The summed E-state index contributed by atoms with van der Waals surface area (Å²) in [7, 11) is 0. The van der Waals surface area contributed by atoms with Crippen molar-refractivity contribution in [3.8, 4) is 0 Å². The minimum atomic E-state index is -0.766. The van der Waals surface area contributed by atoms with Gasteiger partial charge in [0.15, 0.2) is 5.82 Å². The lowest BCUT2D eigenvalue weighted by Crippen LogP contribution is -2.38. The Morgan fingerprint density at radius 3 is 1.66 bits per heavy atom. The Hall–Kier alpha value is -4.51. The maximum Gasteiger partial charge on any atom is 0.165 e. The van der Waals surface area contributed by atoms with Gasteiger partial charge in [-0.25, -0.2) is 9.67 Å². The Morgan fingerprint density at radius 2 is 1.24 bits per heavy atom. The van der Waals surface area contributed by atoms with Gasteiger partial charge in [0.1, 0.15) is 23.6 Å². The van der Waals surface area contributed by atoms with Crippen LogP contribution in [0.2, 0.25) is 0 Å². The third kappa shape index (κ3) is 4.10. The van der Waals surface area contributed by atoms with Crippen LogP contribution in [0.3, 0.4) is 0 Å². The summed E-state index contributed by atoms with van der Waals surface area (Å²) in [4.78, 5) is 20.1. The quantitative estimate of drug-likeness (QED) is 0.245. The maximum absolute atomic E-state index is 13.0. The van der Waals surface area contributed by atoms with Crippen LogP contribution in [0.4, 0.5) is 5.69 Å². The SMILES string of the molecule is CC(=O)C(c1ccc(N2CCC2)cc1)c1ncn(C(c2ccccc2)(c2ccccc2)c2ccccc2)n1. The molecule has 1 fully saturated rings. The molecule has 0 saturated carbocycles. The summed E-state index contributed by atoms with van der Waals surface area (Å²) in [5, 5.41) is 5.07. The molecule has 38 heavy (non-hydrogen) atoms. The summed E-state index contributed by atoms with van der Waals surface area (Å²) in [6.45, 7) is 3.79. The normalized spacial score (nSPS) is 14.1. The topological polar surface area (TPSA) is 51.0 Å². The number of rotatable bonds is 8. The molecule has 1 unspecified atom stereocenters. The van der Waals surface area contributed by atoms with Crippen LogP contribution in [0.15, 0.2) is 122 Å². The van der Waals surface area contributed by atoms with E-state index in [9.17, 15) is 4.79 Å². The van der Waals surface area contributed by atoms with E-state index in [2.05, 4.69) is 53.4 Å². The highest BCUT2D eigenvalue weighted by Gasteiger charge is 2.40. The molecule has 0 bridgehead atoms. The Balaban J connectivity index is 1.51. The smallest absolute Gasteiger partial charge is 0.165 e. The van der Waals surface area contributed by atoms with Gasteiger partial charge in [-0.05, 0) is 47.7 Å². The van der Waals surface area contributed by atoms with E-state index in [-0.39, 0.29) is 5.78 Å². The highest BCUT2D eigenvalue weighted by molar-refractivity contribution is 5.86. The summed E-state index contributed by atoms with van der Waals surface area (Å²) in [6.07, 6.45) is 3.00. The highest BCUT2D eigenvalue weighted by Crippen LogP contribution is 2.40. The van der Waals surface area contributed by atoms with Gasteiger partial charge in [0, 0.05) is 18.8 Å². The van der Waals surface area contributed by atoms with Crippen molar-refractivity contribution in [2.75, 3.05) is 18.0 Å². The minimum absolute atomic E-state index is 0.0178. The van der Waals surface area contributed by atoms with Crippen LogP contribution in [-0.2, 0) is 10.3 Å². The predicted molar refractivity (Wildman–Crippen MR) is 150 cm³/mol. The van der Waals surface area contributed by atoms with Crippen LogP contribution >= 0.6 is 0 Å². The van der Waals surface area contributed by atoms with Crippen molar-refractivity contribution in [3.63, 3.8) is 0 Å². The van der Waals surface area contributed by atoms with E-state index in [0.717, 1.165) is 35.3 Å². The number of carbonyl (C=O) groups is 1. The lowest BCUT2D eigenvalue weighted by atomic mass is 9.77. The van der Waals surface area contributed by atoms with Crippen molar-refractivity contribution < 1.29 is 4.79 Å². The summed E-state index contributed by atoms with van der Waals surface area (Å²) in [6, 6.07) is 39.4. The number of carbonyl (C=O) groups excluding carboxylic acids is 1. The number of hydrogen-bond donors (Lipinski definition) is 0. The Morgan fingerprint density at radius 1 is 0.737 bits per heavy atom. The molecule has 5 heteroatoms. The fourth-order valence-electron chi connectivity index (χ4n) is 5.52. The second-order valence-corrected chi connectivity index (χ2v) is 9.83. The van der Waals surface area contributed by atoms with E-state index in [1.165, 1.54) is 12.1 Å². The van der Waals surface area contributed by atoms with Gasteiger partial charge in [0.25, 0.3) is 0 Å². The molecule has 0 N–H and O–H groups in total. The van der Waals surface area contributed by atoms with E-state index >= 15 is 0 Å². The zero-order chi connectivity index (χ0) is 26.0. The monoisotopic (exact) mass is 498 g/mol. The van der Waals surface area contributed by atoms with Crippen molar-refractivity contribution in [2.45, 2.75) is 24.8 Å². The summed E-state index contributed by atoms with van der Waals surface area (Å²) in [5.41, 5.74) is 4.52. The Labute approximate surface area is 223 Å². The number of Topliss-reactive ketones (excluding diaryl/α,β-unsaturated/α-hetero) is 1. The molecule has 2 heterocycles. The fraction of sp³-hybridized carbons (Fsp3) is 0.182. The molecule has 6 rings (SSSR count). The second kappa shape index (κ2) is 10.1. The molecular formula is C33H30N4O. The first-order valence-electron chi connectivity index (χ1n) is 13.1. The number of anilines is 1. The predicted octanol–water partition coefficient (Wildman–Crippen LogP) is 6.05. The third-order valence-electron chi connectivity index (χ3n) is 7.54. The number of aromatic nitrogens is 3. The van der Waals surface area contributed by atoms with Gasteiger partial charge in [0.05, 0.1) is 0 Å². The maximum atomic E-state index is 13.0. The highest BCUT2D eigenvalue weighted by atomic mass is 16.1. The minimum Gasteiger partial charge on any atom is -0.371 e. The number of ketones is 1. The number of hydrogen-bond acceptors (Lipinski definition) is 4. The van der Waals surface area contributed by atoms with Gasteiger partial charge < -0.3 is 4.90 Å². The average Bonchev–Trinajstić information content (AvgIpc) is 3.40. The summed E-state index contributed by atoms with van der Waals surface area (Å²) >= 11 is 0. The molecule has 1 saturated heterocycles. The molecule has 0 spiro atoms. The molecule has 1 aliphatic rings. The molecule has 1 aromatic heterocycles. The van der Waals surface area contributed by atoms with Crippen molar-refractivity contribution in [1.29, 1.82) is 0 Å². The molecule has 0 radical (unpaired) electrons. The van der Waals surface area contributed by atoms with E-state index in [1.54, 1.807) is 13.3 Å². The fourth-order valence-corrected chi connectivity index (χ4v) is 5.52. The van der Waals surface area contributed by atoms with E-state index in [1.807, 2.05) is 71.4 Å². The number of nitrogens with zero attached hydrogens (tertiary/aromatic N) is 4. The van der Waals surface area contributed by atoms with Gasteiger partial charge >= 0.3 is 0 Å². The largest absolute Gasteiger partial charge is 0.371 e. The zero-order valence-electron chi connectivity index (χ0n) is 21.4. The van der Waals surface area contributed by atoms with E-state index in [4.69, 9.17) is 10.1 Å². The van der Waals surface area contributed by atoms with Crippen molar-refractivity contribution in [3.05, 3.63) is 150 Å². The average molecular weight is 499 g/mol. The lowest BCUT2D eigenvalue weighted by molar-refractivity contribution is -0.117. The zero-order valence-corrected chi connectivity index (χ0v) is 21.4. The van der Waals surface area contributed by atoms with Crippen LogP contribution in [0, 0.1) is 0 Å². The van der Waals surface area contributed by atoms with Crippen LogP contribution in [-0.4, -0.2) is 33.6 Å². The summed E-state index contributed by atoms with van der Waals surface area (Å²) < 4.78 is 1.92. The van der Waals surface area contributed by atoms with Crippen molar-refractivity contribution in [2.24, 2.45) is 0 Å². The molecular weight excluding hydrogens is 468 g/mol. The molecule has 4 aromatic carbocycles. The van der Waals surface area contributed by atoms with Crippen molar-refractivity contribution >= 4 is 11.5 Å². The number of benzene rings is 4. The van der Waals surface area contributed by atoms with Gasteiger partial charge in [-0.3, -0.25) is 4.79 Å².